The van der Waals surface area contributed by atoms with E-state index >= 15 is 0 Å². The van der Waals surface area contributed by atoms with Crippen LogP contribution >= 0.6 is 11.6 Å². The Morgan fingerprint density at radius 1 is 1.12 bits per heavy atom. The third-order valence-corrected chi connectivity index (χ3v) is 4.76. The summed E-state index contributed by atoms with van der Waals surface area (Å²) >= 11 is 6.05. The van der Waals surface area contributed by atoms with Crippen LogP contribution in [0.1, 0.15) is 15.9 Å². The largest absolute Gasteiger partial charge is 0.496 e. The lowest BCUT2D eigenvalue weighted by Gasteiger charge is -2.34. The van der Waals surface area contributed by atoms with Crippen molar-refractivity contribution in [2.75, 3.05) is 39.8 Å². The number of benzene rings is 2. The Labute approximate surface area is 159 Å². The number of carbonyl (C=O) groups is 1. The van der Waals surface area contributed by atoms with Crippen LogP contribution in [0.3, 0.4) is 0 Å². The van der Waals surface area contributed by atoms with E-state index in [0.717, 1.165) is 19.6 Å². The van der Waals surface area contributed by atoms with Gasteiger partial charge < -0.3 is 9.64 Å². The van der Waals surface area contributed by atoms with Crippen LogP contribution in [0.25, 0.3) is 6.08 Å². The van der Waals surface area contributed by atoms with Crippen molar-refractivity contribution < 1.29 is 9.53 Å². The Bertz CT molecular complexity index is 769. The molecule has 0 atom stereocenters. The molecule has 1 aliphatic heterocycles. The predicted octanol–water partition coefficient (Wildman–Crippen LogP) is 3.82. The lowest BCUT2D eigenvalue weighted by Crippen LogP contribution is -2.48. The van der Waals surface area contributed by atoms with Gasteiger partial charge in [0.25, 0.3) is 5.91 Å². The van der Waals surface area contributed by atoms with Gasteiger partial charge in [0.1, 0.15) is 5.75 Å². The summed E-state index contributed by atoms with van der Waals surface area (Å²) in [5.74, 6) is 0.538. The van der Waals surface area contributed by atoms with Gasteiger partial charge in [0.2, 0.25) is 0 Å². The van der Waals surface area contributed by atoms with E-state index in [0.29, 0.717) is 29.4 Å². The van der Waals surface area contributed by atoms with Crippen molar-refractivity contribution in [2.45, 2.75) is 0 Å². The van der Waals surface area contributed by atoms with Gasteiger partial charge in [0, 0.05) is 37.7 Å². The van der Waals surface area contributed by atoms with Crippen LogP contribution in [0.5, 0.6) is 5.75 Å². The Morgan fingerprint density at radius 2 is 1.85 bits per heavy atom. The van der Waals surface area contributed by atoms with E-state index in [4.69, 9.17) is 16.3 Å². The molecule has 4 nitrogen and oxygen atoms in total. The molecule has 2 aromatic carbocycles. The van der Waals surface area contributed by atoms with Crippen molar-refractivity contribution in [1.82, 2.24) is 9.80 Å². The smallest absolute Gasteiger partial charge is 0.257 e. The molecular weight excluding hydrogens is 348 g/mol. The summed E-state index contributed by atoms with van der Waals surface area (Å²) in [5, 5.41) is 0.541. The van der Waals surface area contributed by atoms with Crippen molar-refractivity contribution in [3.8, 4) is 5.75 Å². The standard InChI is InChI=1S/C21H23ClN2O2/c1-26-20-10-9-18(22)16-19(20)21(25)24-14-12-23(13-15-24)11-5-8-17-6-3-2-4-7-17/h2-10,16H,11-15H2,1H3/b8-5+. The van der Waals surface area contributed by atoms with E-state index in [2.05, 4.69) is 29.2 Å². The van der Waals surface area contributed by atoms with Gasteiger partial charge in [0.15, 0.2) is 0 Å². The van der Waals surface area contributed by atoms with E-state index in [1.54, 1.807) is 25.3 Å². The van der Waals surface area contributed by atoms with Crippen LogP contribution < -0.4 is 4.74 Å². The molecule has 1 saturated heterocycles. The number of amides is 1. The second kappa shape index (κ2) is 8.88. The van der Waals surface area contributed by atoms with E-state index in [9.17, 15) is 4.79 Å². The van der Waals surface area contributed by atoms with Gasteiger partial charge in [-0.05, 0) is 23.8 Å². The van der Waals surface area contributed by atoms with Crippen LogP contribution in [0, 0.1) is 0 Å². The van der Waals surface area contributed by atoms with Crippen LogP contribution in [0.2, 0.25) is 5.02 Å². The number of ether oxygens (including phenoxy) is 1. The van der Waals surface area contributed by atoms with Gasteiger partial charge in [-0.25, -0.2) is 0 Å². The lowest BCUT2D eigenvalue weighted by molar-refractivity contribution is 0.0647. The normalized spacial score (nSPS) is 15.4. The number of piperazine rings is 1. The molecular formula is C21H23ClN2O2. The number of carbonyl (C=O) groups excluding carboxylic acids is 1. The predicted molar refractivity (Wildman–Crippen MR) is 106 cm³/mol. The van der Waals surface area contributed by atoms with Gasteiger partial charge in [-0.2, -0.15) is 0 Å². The molecule has 3 rings (SSSR count). The van der Waals surface area contributed by atoms with Crippen molar-refractivity contribution in [2.24, 2.45) is 0 Å². The van der Waals surface area contributed by atoms with Crippen molar-refractivity contribution in [3.05, 3.63) is 70.8 Å². The summed E-state index contributed by atoms with van der Waals surface area (Å²) in [6, 6.07) is 15.4. The summed E-state index contributed by atoms with van der Waals surface area (Å²) in [6.45, 7) is 4.00. The zero-order valence-electron chi connectivity index (χ0n) is 14.9. The fraction of sp³-hybridized carbons (Fsp3) is 0.286. The molecule has 0 saturated carbocycles. The zero-order chi connectivity index (χ0) is 18.4. The van der Waals surface area contributed by atoms with Gasteiger partial charge in [-0.1, -0.05) is 54.1 Å². The minimum absolute atomic E-state index is 0.0242. The summed E-state index contributed by atoms with van der Waals surface area (Å²) in [4.78, 5) is 17.0. The van der Waals surface area contributed by atoms with E-state index in [1.807, 2.05) is 23.1 Å². The maximum absolute atomic E-state index is 12.8. The average Bonchev–Trinajstić information content (AvgIpc) is 2.69. The quantitative estimate of drug-likeness (QED) is 0.802. The molecule has 0 bridgehead atoms. The molecule has 0 N–H and O–H groups in total. The van der Waals surface area contributed by atoms with E-state index in [-0.39, 0.29) is 5.91 Å². The third-order valence-electron chi connectivity index (χ3n) is 4.52. The lowest BCUT2D eigenvalue weighted by atomic mass is 10.1. The Balaban J connectivity index is 1.54. The van der Waals surface area contributed by atoms with E-state index in [1.165, 1.54) is 5.56 Å². The highest BCUT2D eigenvalue weighted by molar-refractivity contribution is 6.31. The fourth-order valence-electron chi connectivity index (χ4n) is 3.05. The Kier molecular flexibility index (Phi) is 6.31. The monoisotopic (exact) mass is 370 g/mol. The number of hydrogen-bond donors (Lipinski definition) is 0. The molecule has 0 radical (unpaired) electrons. The molecule has 1 aliphatic rings. The Hall–Kier alpha value is -2.30. The van der Waals surface area contributed by atoms with Gasteiger partial charge in [-0.3, -0.25) is 9.69 Å². The Morgan fingerprint density at radius 3 is 2.54 bits per heavy atom. The first-order chi connectivity index (χ1) is 12.7. The van der Waals surface area contributed by atoms with E-state index < -0.39 is 0 Å². The number of hydrogen-bond acceptors (Lipinski definition) is 3. The second-order valence-electron chi connectivity index (χ2n) is 6.25. The SMILES string of the molecule is COc1ccc(Cl)cc1C(=O)N1CCN(C/C=C/c2ccccc2)CC1. The van der Waals surface area contributed by atoms with Crippen LogP contribution in [0.4, 0.5) is 0 Å². The molecule has 1 amide bonds. The first kappa shape index (κ1) is 18.5. The number of nitrogens with zero attached hydrogens (tertiary/aromatic N) is 2. The summed E-state index contributed by atoms with van der Waals surface area (Å²) < 4.78 is 5.30. The highest BCUT2D eigenvalue weighted by atomic mass is 35.5. The maximum atomic E-state index is 12.8. The molecule has 136 valence electrons. The minimum atomic E-state index is -0.0242. The molecule has 0 aliphatic carbocycles. The van der Waals surface area contributed by atoms with Crippen LogP contribution in [0.15, 0.2) is 54.6 Å². The zero-order valence-corrected chi connectivity index (χ0v) is 15.7. The van der Waals surface area contributed by atoms with Crippen molar-refractivity contribution in [3.63, 3.8) is 0 Å². The number of methoxy groups -OCH3 is 1. The molecule has 2 aromatic rings. The molecule has 1 fully saturated rings. The third kappa shape index (κ3) is 4.65. The van der Waals surface area contributed by atoms with Gasteiger partial charge >= 0.3 is 0 Å². The average molecular weight is 371 g/mol. The molecule has 0 aromatic heterocycles. The topological polar surface area (TPSA) is 32.8 Å². The minimum Gasteiger partial charge on any atom is -0.496 e. The summed E-state index contributed by atoms with van der Waals surface area (Å²) in [7, 11) is 1.57. The first-order valence-electron chi connectivity index (χ1n) is 8.74. The summed E-state index contributed by atoms with van der Waals surface area (Å²) in [5.41, 5.74) is 1.73. The maximum Gasteiger partial charge on any atom is 0.257 e. The highest BCUT2D eigenvalue weighted by Crippen LogP contribution is 2.24. The van der Waals surface area contributed by atoms with Crippen LogP contribution in [-0.2, 0) is 0 Å². The molecule has 26 heavy (non-hydrogen) atoms. The fourth-order valence-corrected chi connectivity index (χ4v) is 3.23. The first-order valence-corrected chi connectivity index (χ1v) is 9.12. The number of rotatable bonds is 5. The highest BCUT2D eigenvalue weighted by Gasteiger charge is 2.24. The number of halogens is 1. The van der Waals surface area contributed by atoms with Gasteiger partial charge in [-0.15, -0.1) is 0 Å². The van der Waals surface area contributed by atoms with Crippen molar-refractivity contribution in [1.29, 1.82) is 0 Å². The summed E-state index contributed by atoms with van der Waals surface area (Å²) in [6.07, 6.45) is 4.31. The van der Waals surface area contributed by atoms with Crippen molar-refractivity contribution >= 4 is 23.6 Å². The van der Waals surface area contributed by atoms with Crippen LogP contribution in [-0.4, -0.2) is 55.5 Å². The molecule has 5 heteroatoms. The second-order valence-corrected chi connectivity index (χ2v) is 6.69. The molecule has 1 heterocycles. The van der Waals surface area contributed by atoms with Gasteiger partial charge in [0.05, 0.1) is 12.7 Å². The molecule has 0 spiro atoms. The molecule has 0 unspecified atom stereocenters.